The first-order valence-electron chi connectivity index (χ1n) is 6.84. The number of amides is 1. The van der Waals surface area contributed by atoms with Gasteiger partial charge in [-0.1, -0.05) is 43.7 Å². The average molecular weight is 299 g/mol. The van der Waals surface area contributed by atoms with Crippen LogP contribution in [0.3, 0.4) is 0 Å². The Labute approximate surface area is 128 Å². The number of hydrogen-bond donors (Lipinski definition) is 1. The van der Waals surface area contributed by atoms with E-state index >= 15 is 0 Å². The van der Waals surface area contributed by atoms with Crippen LogP contribution in [0.1, 0.15) is 31.4 Å². The zero-order chi connectivity index (χ0) is 14.5. The highest BCUT2D eigenvalue weighted by Gasteiger charge is 2.20. The smallest absolute Gasteiger partial charge is 0.222 e. The normalized spacial score (nSPS) is 10.8. The SMILES string of the molecule is Cc1cccc(CCC(=O)N(C)CC(C)(C)CN)c1.Cl. The van der Waals surface area contributed by atoms with Crippen LogP contribution >= 0.6 is 12.4 Å². The van der Waals surface area contributed by atoms with Crippen LogP contribution in [0.25, 0.3) is 0 Å². The minimum absolute atomic E-state index is 0. The van der Waals surface area contributed by atoms with E-state index in [-0.39, 0.29) is 23.7 Å². The lowest BCUT2D eigenvalue weighted by atomic mass is 9.93. The van der Waals surface area contributed by atoms with Crippen molar-refractivity contribution >= 4 is 18.3 Å². The third kappa shape index (κ3) is 6.40. The highest BCUT2D eigenvalue weighted by Crippen LogP contribution is 2.15. The molecule has 0 unspecified atom stereocenters. The minimum atomic E-state index is -0.0201. The van der Waals surface area contributed by atoms with Crippen LogP contribution in [0.5, 0.6) is 0 Å². The minimum Gasteiger partial charge on any atom is -0.345 e. The van der Waals surface area contributed by atoms with Crippen molar-refractivity contribution in [3.63, 3.8) is 0 Å². The second kappa shape index (κ2) is 8.28. The number of rotatable bonds is 6. The van der Waals surface area contributed by atoms with Gasteiger partial charge < -0.3 is 10.6 Å². The second-order valence-corrected chi connectivity index (χ2v) is 6.11. The lowest BCUT2D eigenvalue weighted by Crippen LogP contribution is -2.39. The van der Waals surface area contributed by atoms with E-state index in [2.05, 4.69) is 39.0 Å². The molecule has 1 aromatic carbocycles. The number of benzene rings is 1. The number of carbonyl (C=O) groups excluding carboxylic acids is 1. The van der Waals surface area contributed by atoms with E-state index < -0.39 is 0 Å². The first kappa shape index (κ1) is 18.9. The summed E-state index contributed by atoms with van der Waals surface area (Å²) in [5.41, 5.74) is 8.14. The Hall–Kier alpha value is -1.06. The molecule has 0 atom stereocenters. The highest BCUT2D eigenvalue weighted by molar-refractivity contribution is 5.85. The van der Waals surface area contributed by atoms with E-state index in [0.29, 0.717) is 19.5 Å². The molecule has 0 saturated heterocycles. The molecule has 1 amide bonds. The number of halogens is 1. The van der Waals surface area contributed by atoms with Crippen molar-refractivity contribution in [1.29, 1.82) is 0 Å². The van der Waals surface area contributed by atoms with Crippen molar-refractivity contribution in [3.05, 3.63) is 35.4 Å². The standard InChI is InChI=1S/C16H26N2O.ClH/c1-13-6-5-7-14(10-13)8-9-15(19)18(4)12-16(2,3)11-17;/h5-7,10H,8-9,11-12,17H2,1-4H3;1H. The Morgan fingerprint density at radius 2 is 2.00 bits per heavy atom. The van der Waals surface area contributed by atoms with Gasteiger partial charge in [0.2, 0.25) is 5.91 Å². The zero-order valence-corrected chi connectivity index (χ0v) is 13.8. The molecule has 2 N–H and O–H groups in total. The van der Waals surface area contributed by atoms with Gasteiger partial charge in [-0.3, -0.25) is 4.79 Å². The first-order chi connectivity index (χ1) is 8.84. The summed E-state index contributed by atoms with van der Waals surface area (Å²) in [6.45, 7) is 7.52. The molecular formula is C16H27ClN2O. The molecular weight excluding hydrogens is 272 g/mol. The molecule has 0 radical (unpaired) electrons. The molecule has 0 aromatic heterocycles. The Kier molecular flexibility index (Phi) is 7.84. The van der Waals surface area contributed by atoms with Gasteiger partial charge in [0, 0.05) is 20.0 Å². The van der Waals surface area contributed by atoms with Crippen LogP contribution in [0.15, 0.2) is 24.3 Å². The largest absolute Gasteiger partial charge is 0.345 e. The fourth-order valence-corrected chi connectivity index (χ4v) is 2.10. The van der Waals surface area contributed by atoms with Crippen LogP contribution in [0.4, 0.5) is 0 Å². The van der Waals surface area contributed by atoms with Gasteiger partial charge in [-0.25, -0.2) is 0 Å². The highest BCUT2D eigenvalue weighted by atomic mass is 35.5. The summed E-state index contributed by atoms with van der Waals surface area (Å²) >= 11 is 0. The van der Waals surface area contributed by atoms with Crippen molar-refractivity contribution in [2.24, 2.45) is 11.1 Å². The summed E-state index contributed by atoms with van der Waals surface area (Å²) in [4.78, 5) is 13.9. The third-order valence-electron chi connectivity index (χ3n) is 3.35. The number of nitrogens with zero attached hydrogens (tertiary/aromatic N) is 1. The van der Waals surface area contributed by atoms with Gasteiger partial charge in [-0.2, -0.15) is 0 Å². The predicted octanol–water partition coefficient (Wildman–Crippen LogP) is 2.79. The first-order valence-corrected chi connectivity index (χ1v) is 6.84. The van der Waals surface area contributed by atoms with Crippen LogP contribution in [-0.4, -0.2) is 30.9 Å². The Bertz CT molecular complexity index is 432. The van der Waals surface area contributed by atoms with Crippen molar-refractivity contribution in [3.8, 4) is 0 Å². The van der Waals surface area contributed by atoms with Gasteiger partial charge in [-0.15, -0.1) is 12.4 Å². The van der Waals surface area contributed by atoms with E-state index in [1.165, 1.54) is 11.1 Å². The summed E-state index contributed by atoms with van der Waals surface area (Å²) in [6.07, 6.45) is 1.36. The van der Waals surface area contributed by atoms with Crippen LogP contribution < -0.4 is 5.73 Å². The quantitative estimate of drug-likeness (QED) is 0.878. The second-order valence-electron chi connectivity index (χ2n) is 6.11. The van der Waals surface area contributed by atoms with Gasteiger partial charge >= 0.3 is 0 Å². The average Bonchev–Trinajstić information content (AvgIpc) is 2.35. The Morgan fingerprint density at radius 1 is 1.35 bits per heavy atom. The molecule has 20 heavy (non-hydrogen) atoms. The van der Waals surface area contributed by atoms with Gasteiger partial charge in [0.25, 0.3) is 0 Å². The lowest BCUT2D eigenvalue weighted by Gasteiger charge is -2.29. The number of carbonyl (C=O) groups is 1. The van der Waals surface area contributed by atoms with Crippen LogP contribution in [0.2, 0.25) is 0 Å². The molecule has 0 spiro atoms. The van der Waals surface area contributed by atoms with Gasteiger partial charge in [0.1, 0.15) is 0 Å². The van der Waals surface area contributed by atoms with E-state index in [1.807, 2.05) is 13.1 Å². The van der Waals surface area contributed by atoms with Crippen LogP contribution in [0, 0.1) is 12.3 Å². The Balaban J connectivity index is 0.00000361. The number of hydrogen-bond acceptors (Lipinski definition) is 2. The molecule has 0 aliphatic rings. The molecule has 1 aromatic rings. The van der Waals surface area contributed by atoms with E-state index in [0.717, 1.165) is 6.42 Å². The number of nitrogens with two attached hydrogens (primary N) is 1. The molecule has 0 fully saturated rings. The monoisotopic (exact) mass is 298 g/mol. The van der Waals surface area contributed by atoms with Crippen molar-refractivity contribution in [1.82, 2.24) is 4.90 Å². The van der Waals surface area contributed by atoms with E-state index in [4.69, 9.17) is 5.73 Å². The Morgan fingerprint density at radius 3 is 2.55 bits per heavy atom. The van der Waals surface area contributed by atoms with Crippen molar-refractivity contribution in [2.75, 3.05) is 20.1 Å². The molecule has 3 nitrogen and oxygen atoms in total. The summed E-state index contributed by atoms with van der Waals surface area (Å²) in [6, 6.07) is 8.32. The molecule has 114 valence electrons. The maximum absolute atomic E-state index is 12.1. The third-order valence-corrected chi connectivity index (χ3v) is 3.35. The molecule has 0 aliphatic carbocycles. The van der Waals surface area contributed by atoms with Gasteiger partial charge in [0.05, 0.1) is 0 Å². The fraction of sp³-hybridized carbons (Fsp3) is 0.562. The molecule has 1 rings (SSSR count). The maximum Gasteiger partial charge on any atom is 0.222 e. The van der Waals surface area contributed by atoms with E-state index in [9.17, 15) is 4.79 Å². The molecule has 0 bridgehead atoms. The van der Waals surface area contributed by atoms with Crippen LogP contribution in [-0.2, 0) is 11.2 Å². The van der Waals surface area contributed by atoms with Crippen molar-refractivity contribution < 1.29 is 4.79 Å². The summed E-state index contributed by atoms with van der Waals surface area (Å²) < 4.78 is 0. The zero-order valence-electron chi connectivity index (χ0n) is 13.0. The van der Waals surface area contributed by atoms with Crippen molar-refractivity contribution in [2.45, 2.75) is 33.6 Å². The predicted molar refractivity (Wildman–Crippen MR) is 87.2 cm³/mol. The van der Waals surface area contributed by atoms with Gasteiger partial charge in [0.15, 0.2) is 0 Å². The van der Waals surface area contributed by atoms with E-state index in [1.54, 1.807) is 4.90 Å². The topological polar surface area (TPSA) is 46.3 Å². The number of aryl methyl sites for hydroxylation is 2. The molecule has 0 heterocycles. The maximum atomic E-state index is 12.1. The molecule has 0 aliphatic heterocycles. The summed E-state index contributed by atoms with van der Waals surface area (Å²) in [7, 11) is 1.86. The lowest BCUT2D eigenvalue weighted by molar-refractivity contribution is -0.131. The molecule has 0 saturated carbocycles. The summed E-state index contributed by atoms with van der Waals surface area (Å²) in [5.74, 6) is 0.183. The summed E-state index contributed by atoms with van der Waals surface area (Å²) in [5, 5.41) is 0. The van der Waals surface area contributed by atoms with Gasteiger partial charge in [-0.05, 0) is 30.9 Å². The molecule has 4 heteroatoms. The fourth-order valence-electron chi connectivity index (χ4n) is 2.10.